The highest BCUT2D eigenvalue weighted by Crippen LogP contribution is 2.14. The number of nitrogens with zero attached hydrogens (tertiary/aromatic N) is 6. The maximum absolute atomic E-state index is 12.4. The molecule has 2 aromatic heterocycles. The van der Waals surface area contributed by atoms with Gasteiger partial charge in [-0.1, -0.05) is 29.8 Å². The number of aryl methyl sites for hydroxylation is 1. The predicted octanol–water partition coefficient (Wildman–Crippen LogP) is -0.381. The second-order valence-electron chi connectivity index (χ2n) is 7.11. The van der Waals surface area contributed by atoms with Crippen molar-refractivity contribution in [2.45, 2.75) is 32.5 Å². The van der Waals surface area contributed by atoms with Crippen molar-refractivity contribution in [2.24, 2.45) is 7.05 Å². The summed E-state index contributed by atoms with van der Waals surface area (Å²) in [7, 11) is 1.16. The lowest BCUT2D eigenvalue weighted by molar-refractivity contribution is 0.0888. The van der Waals surface area contributed by atoms with Gasteiger partial charge < -0.3 is 10.4 Å². The molecular formula is C19H21F2N7O4. The van der Waals surface area contributed by atoms with E-state index in [1.807, 2.05) is 24.4 Å². The fraction of sp³-hybridized carbons (Fsp3) is 0.368. The number of tetrazole rings is 1. The number of nitrogens with one attached hydrogen (secondary N) is 1. The number of rotatable bonds is 8. The van der Waals surface area contributed by atoms with E-state index in [4.69, 9.17) is 0 Å². The van der Waals surface area contributed by atoms with Crippen LogP contribution in [-0.2, 0) is 20.1 Å². The average molecular weight is 449 g/mol. The van der Waals surface area contributed by atoms with Gasteiger partial charge in [0.25, 0.3) is 17.9 Å². The number of hydrogen-bond acceptors (Lipinski definition) is 7. The van der Waals surface area contributed by atoms with E-state index in [9.17, 15) is 28.3 Å². The fourth-order valence-corrected chi connectivity index (χ4v) is 2.88. The van der Waals surface area contributed by atoms with E-state index < -0.39 is 41.8 Å². The van der Waals surface area contributed by atoms with Crippen molar-refractivity contribution in [3.05, 3.63) is 73.8 Å². The van der Waals surface area contributed by atoms with Gasteiger partial charge in [0.05, 0.1) is 19.6 Å². The van der Waals surface area contributed by atoms with Crippen molar-refractivity contribution < 1.29 is 18.7 Å². The Morgan fingerprint density at radius 2 is 1.91 bits per heavy atom. The molecule has 13 heteroatoms. The number of aliphatic hydroxyl groups is 1. The van der Waals surface area contributed by atoms with Crippen LogP contribution >= 0.6 is 0 Å². The van der Waals surface area contributed by atoms with E-state index in [0.29, 0.717) is 10.1 Å². The van der Waals surface area contributed by atoms with Crippen LogP contribution in [0.3, 0.4) is 0 Å². The summed E-state index contributed by atoms with van der Waals surface area (Å²) in [5.74, 6) is -0.946. The Balaban J connectivity index is 1.78. The molecule has 11 nitrogen and oxygen atoms in total. The van der Waals surface area contributed by atoms with Crippen molar-refractivity contribution in [1.82, 2.24) is 34.7 Å². The van der Waals surface area contributed by atoms with E-state index >= 15 is 0 Å². The quantitative estimate of drug-likeness (QED) is 0.478. The molecule has 0 fully saturated rings. The van der Waals surface area contributed by atoms with E-state index in [0.717, 1.165) is 28.2 Å². The maximum atomic E-state index is 12.4. The third-order valence-electron chi connectivity index (χ3n) is 4.62. The number of hydrogen-bond donors (Lipinski definition) is 2. The van der Waals surface area contributed by atoms with E-state index in [1.165, 1.54) is 0 Å². The zero-order chi connectivity index (χ0) is 23.4. The highest BCUT2D eigenvalue weighted by Gasteiger charge is 2.18. The van der Waals surface area contributed by atoms with Crippen LogP contribution in [-0.4, -0.2) is 53.3 Å². The number of benzene rings is 1. The number of carbonyl (C=O) groups is 1. The molecule has 0 unspecified atom stereocenters. The van der Waals surface area contributed by atoms with Crippen molar-refractivity contribution in [2.75, 3.05) is 6.54 Å². The van der Waals surface area contributed by atoms with Gasteiger partial charge in [0, 0.05) is 13.2 Å². The zero-order valence-corrected chi connectivity index (χ0v) is 17.3. The molecule has 0 aliphatic rings. The van der Waals surface area contributed by atoms with Crippen molar-refractivity contribution in [3.8, 4) is 0 Å². The predicted molar refractivity (Wildman–Crippen MR) is 107 cm³/mol. The van der Waals surface area contributed by atoms with Crippen LogP contribution in [0.4, 0.5) is 8.78 Å². The first kappa shape index (κ1) is 22.9. The van der Waals surface area contributed by atoms with E-state index in [2.05, 4.69) is 15.4 Å². The molecule has 1 atom stereocenters. The smallest absolute Gasteiger partial charge is 0.331 e. The molecule has 3 rings (SSSR count). The normalized spacial score (nSPS) is 12.2. The summed E-state index contributed by atoms with van der Waals surface area (Å²) in [6.07, 6.45) is -2.71. The second-order valence-corrected chi connectivity index (χ2v) is 7.11. The van der Waals surface area contributed by atoms with Gasteiger partial charge >= 0.3 is 5.69 Å². The van der Waals surface area contributed by atoms with Crippen molar-refractivity contribution in [1.29, 1.82) is 0 Å². The van der Waals surface area contributed by atoms with Crippen LogP contribution in [0.15, 0.2) is 40.1 Å². The molecule has 1 amide bonds. The van der Waals surface area contributed by atoms with Crippen LogP contribution in [0, 0.1) is 6.92 Å². The van der Waals surface area contributed by atoms with Gasteiger partial charge in [0.1, 0.15) is 11.7 Å². The third-order valence-corrected chi connectivity index (χ3v) is 4.62. The minimum Gasteiger partial charge on any atom is -0.386 e. The van der Waals surface area contributed by atoms with Gasteiger partial charge in [-0.3, -0.25) is 18.7 Å². The minimum atomic E-state index is -2.79. The van der Waals surface area contributed by atoms with Gasteiger partial charge in [-0.25, -0.2) is 13.6 Å². The molecule has 0 bridgehead atoms. The molecule has 2 heterocycles. The van der Waals surface area contributed by atoms with Crippen LogP contribution < -0.4 is 16.6 Å². The molecule has 0 spiro atoms. The number of halogens is 2. The molecule has 0 aliphatic carbocycles. The first-order valence-corrected chi connectivity index (χ1v) is 9.54. The largest absolute Gasteiger partial charge is 0.386 e. The second kappa shape index (κ2) is 9.60. The van der Waals surface area contributed by atoms with Crippen LogP contribution in [0.25, 0.3) is 0 Å². The Morgan fingerprint density at radius 3 is 2.56 bits per heavy atom. The van der Waals surface area contributed by atoms with Crippen LogP contribution in [0.2, 0.25) is 0 Å². The Kier molecular flexibility index (Phi) is 6.88. The Hall–Kier alpha value is -3.74. The molecule has 1 aromatic carbocycles. The van der Waals surface area contributed by atoms with Gasteiger partial charge in [-0.05, 0) is 17.7 Å². The van der Waals surface area contributed by atoms with Crippen molar-refractivity contribution in [3.63, 3.8) is 0 Å². The van der Waals surface area contributed by atoms with E-state index in [-0.39, 0.29) is 18.9 Å². The number of carbonyl (C=O) groups excluding carboxylic acids is 1. The lowest BCUT2D eigenvalue weighted by Gasteiger charge is -2.10. The van der Waals surface area contributed by atoms with Gasteiger partial charge in [0.2, 0.25) is 0 Å². The summed E-state index contributed by atoms with van der Waals surface area (Å²) in [6.45, 7) is 0.777. The molecule has 2 N–H and O–H groups in total. The van der Waals surface area contributed by atoms with Crippen LogP contribution in [0.5, 0.6) is 0 Å². The molecule has 3 aromatic rings. The molecule has 170 valence electrons. The Labute approximate surface area is 179 Å². The molecule has 32 heavy (non-hydrogen) atoms. The highest BCUT2D eigenvalue weighted by atomic mass is 19.3. The maximum Gasteiger partial charge on any atom is 0.331 e. The molecule has 0 aliphatic heterocycles. The summed E-state index contributed by atoms with van der Waals surface area (Å²) in [5, 5.41) is 24.0. The number of aromatic nitrogens is 6. The van der Waals surface area contributed by atoms with Crippen molar-refractivity contribution >= 4 is 5.91 Å². The molecule has 0 saturated carbocycles. The van der Waals surface area contributed by atoms with E-state index in [1.54, 1.807) is 12.1 Å². The first-order valence-electron chi connectivity index (χ1n) is 9.54. The van der Waals surface area contributed by atoms with Gasteiger partial charge in [0.15, 0.2) is 5.82 Å². The third kappa shape index (κ3) is 5.29. The number of amides is 1. The fourth-order valence-electron chi connectivity index (χ4n) is 2.88. The monoisotopic (exact) mass is 449 g/mol. The summed E-state index contributed by atoms with van der Waals surface area (Å²) in [5.41, 5.74) is -0.433. The Bertz CT molecular complexity index is 1220. The summed E-state index contributed by atoms with van der Waals surface area (Å²) >= 11 is 0. The van der Waals surface area contributed by atoms with Gasteiger partial charge in [-0.2, -0.15) is 4.80 Å². The highest BCUT2D eigenvalue weighted by molar-refractivity contribution is 5.93. The lowest BCUT2D eigenvalue weighted by Crippen LogP contribution is -2.43. The molecule has 0 radical (unpaired) electrons. The zero-order valence-electron chi connectivity index (χ0n) is 17.3. The summed E-state index contributed by atoms with van der Waals surface area (Å²) in [6, 6.07) is 7.28. The SMILES string of the molecule is Cc1ccc([C@@H](O)Cn2nnc(Cn3cc(C(=O)NCC(F)F)c(=O)n(C)c3=O)n2)cc1. The number of alkyl halides is 2. The first-order chi connectivity index (χ1) is 15.2. The topological polar surface area (TPSA) is 137 Å². The summed E-state index contributed by atoms with van der Waals surface area (Å²) < 4.78 is 26.4. The standard InChI is InChI=1S/C19H21F2N7O4/c1-11-3-5-12(6-4-11)14(29)9-28-24-16(23-25-28)10-27-8-13(17(30)22-7-15(20)21)18(31)26(2)19(27)32/h3-6,8,14-15,29H,7,9-10H2,1-2H3,(H,22,30)/t14-/m0/s1. The van der Waals surface area contributed by atoms with Crippen LogP contribution in [0.1, 0.15) is 33.4 Å². The minimum absolute atomic E-state index is 0.0134. The molecule has 0 saturated heterocycles. The lowest BCUT2D eigenvalue weighted by atomic mass is 10.1. The average Bonchev–Trinajstić information content (AvgIpc) is 3.19. The summed E-state index contributed by atoms with van der Waals surface area (Å²) in [4.78, 5) is 37.8. The Morgan fingerprint density at radius 1 is 1.22 bits per heavy atom. The molecular weight excluding hydrogens is 428 g/mol. The van der Waals surface area contributed by atoms with Gasteiger partial charge in [-0.15, -0.1) is 10.2 Å². The number of aliphatic hydroxyl groups excluding tert-OH is 1.